The second-order valence-corrected chi connectivity index (χ2v) is 6.37. The van der Waals surface area contributed by atoms with Crippen LogP contribution in [-0.2, 0) is 5.60 Å². The van der Waals surface area contributed by atoms with Gasteiger partial charge in [-0.25, -0.2) is 0 Å². The number of hydrogen-bond acceptors (Lipinski definition) is 5. The van der Waals surface area contributed by atoms with Gasteiger partial charge < -0.3 is 14.4 Å². The second kappa shape index (κ2) is 5.17. The Morgan fingerprint density at radius 3 is 2.96 bits per heavy atom. The van der Waals surface area contributed by atoms with E-state index in [1.54, 1.807) is 4.90 Å². The molecular weight excluding hydrogens is 308 g/mol. The molecule has 124 valence electrons. The summed E-state index contributed by atoms with van der Waals surface area (Å²) in [5, 5.41) is 21.9. The van der Waals surface area contributed by atoms with Crippen LogP contribution in [0.2, 0.25) is 0 Å². The zero-order chi connectivity index (χ0) is 16.9. The number of nitrogens with zero attached hydrogens (tertiary/aromatic N) is 3. The van der Waals surface area contributed by atoms with Gasteiger partial charge in [0.2, 0.25) is 0 Å². The fourth-order valence-electron chi connectivity index (χ4n) is 3.33. The molecule has 0 bridgehead atoms. The standard InChI is InChI=1S/C17H18N4O3/c1-10-4-3-5-12-11(2)15(24-14(10)12)16(22)21-7-6-17(23,9-21)13-8-18-20-19-13/h3-5,8,23H,6-7,9H2,1-2H3,(H,18,19,20)/t17-/m1/s1. The molecule has 1 saturated heterocycles. The molecule has 1 aliphatic heterocycles. The highest BCUT2D eigenvalue weighted by atomic mass is 16.3. The number of H-pyrrole nitrogens is 1. The van der Waals surface area contributed by atoms with Gasteiger partial charge in [0.25, 0.3) is 5.91 Å². The maximum absolute atomic E-state index is 12.9. The first-order chi connectivity index (χ1) is 11.5. The predicted molar refractivity (Wildman–Crippen MR) is 86.5 cm³/mol. The van der Waals surface area contributed by atoms with Crippen molar-refractivity contribution in [3.63, 3.8) is 0 Å². The van der Waals surface area contributed by atoms with E-state index in [2.05, 4.69) is 15.4 Å². The molecule has 3 aromatic rings. The minimum Gasteiger partial charge on any atom is -0.450 e. The lowest BCUT2D eigenvalue weighted by molar-refractivity contribution is 0.0374. The number of aromatic nitrogens is 3. The number of fused-ring (bicyclic) bond motifs is 1. The molecule has 0 radical (unpaired) electrons. The van der Waals surface area contributed by atoms with Crippen LogP contribution >= 0.6 is 0 Å². The Morgan fingerprint density at radius 2 is 2.25 bits per heavy atom. The summed E-state index contributed by atoms with van der Waals surface area (Å²) in [7, 11) is 0. The largest absolute Gasteiger partial charge is 0.450 e. The Morgan fingerprint density at radius 1 is 1.42 bits per heavy atom. The molecule has 1 amide bonds. The van der Waals surface area contributed by atoms with Crippen LogP contribution in [0.5, 0.6) is 0 Å². The van der Waals surface area contributed by atoms with E-state index in [9.17, 15) is 9.90 Å². The number of aryl methyl sites for hydroxylation is 2. The number of amides is 1. The van der Waals surface area contributed by atoms with Crippen LogP contribution in [0.15, 0.2) is 28.8 Å². The molecule has 0 aliphatic carbocycles. The number of hydrogen-bond donors (Lipinski definition) is 2. The van der Waals surface area contributed by atoms with E-state index in [0.717, 1.165) is 22.1 Å². The van der Waals surface area contributed by atoms with Gasteiger partial charge in [-0.05, 0) is 19.4 Å². The van der Waals surface area contributed by atoms with Gasteiger partial charge >= 0.3 is 0 Å². The van der Waals surface area contributed by atoms with Gasteiger partial charge in [-0.3, -0.25) is 4.79 Å². The number of benzene rings is 1. The molecule has 7 heteroatoms. The van der Waals surface area contributed by atoms with Gasteiger partial charge in [-0.2, -0.15) is 15.4 Å². The van der Waals surface area contributed by atoms with Gasteiger partial charge in [-0.1, -0.05) is 18.2 Å². The van der Waals surface area contributed by atoms with Gasteiger partial charge in [0.1, 0.15) is 16.9 Å². The van der Waals surface area contributed by atoms with Crippen molar-refractivity contribution in [1.82, 2.24) is 20.3 Å². The Balaban J connectivity index is 1.66. The average Bonchev–Trinajstić information content (AvgIpc) is 3.28. The number of aliphatic hydroxyl groups is 1. The Kier molecular flexibility index (Phi) is 3.21. The van der Waals surface area contributed by atoms with Crippen molar-refractivity contribution in [3.8, 4) is 0 Å². The zero-order valence-corrected chi connectivity index (χ0v) is 13.5. The van der Waals surface area contributed by atoms with Gasteiger partial charge in [-0.15, -0.1) is 0 Å². The topological polar surface area (TPSA) is 95.2 Å². The van der Waals surface area contributed by atoms with Crippen molar-refractivity contribution in [3.05, 3.63) is 47.0 Å². The third kappa shape index (κ3) is 2.12. The number of carbonyl (C=O) groups is 1. The molecule has 0 unspecified atom stereocenters. The molecule has 24 heavy (non-hydrogen) atoms. The summed E-state index contributed by atoms with van der Waals surface area (Å²) in [6.45, 7) is 4.46. The first-order valence-corrected chi connectivity index (χ1v) is 7.86. The highest BCUT2D eigenvalue weighted by Crippen LogP contribution is 2.33. The summed E-state index contributed by atoms with van der Waals surface area (Å²) in [4.78, 5) is 14.5. The molecule has 0 spiro atoms. The smallest absolute Gasteiger partial charge is 0.290 e. The summed E-state index contributed by atoms with van der Waals surface area (Å²) >= 11 is 0. The number of nitrogens with one attached hydrogen (secondary N) is 1. The molecule has 1 fully saturated rings. The summed E-state index contributed by atoms with van der Waals surface area (Å²) in [6, 6.07) is 5.86. The molecule has 7 nitrogen and oxygen atoms in total. The van der Waals surface area contributed by atoms with Crippen molar-refractivity contribution in [1.29, 1.82) is 0 Å². The molecular formula is C17H18N4O3. The van der Waals surface area contributed by atoms with Crippen LogP contribution in [0.4, 0.5) is 0 Å². The van der Waals surface area contributed by atoms with Crippen LogP contribution in [0, 0.1) is 13.8 Å². The molecule has 4 rings (SSSR count). The SMILES string of the molecule is Cc1c(C(=O)N2CC[C@](O)(c3cn[nH]n3)C2)oc2c(C)cccc12. The van der Waals surface area contributed by atoms with Crippen LogP contribution in [0.3, 0.4) is 0 Å². The monoisotopic (exact) mass is 326 g/mol. The summed E-state index contributed by atoms with van der Waals surface area (Å²) < 4.78 is 5.86. The second-order valence-electron chi connectivity index (χ2n) is 6.37. The normalized spacial score (nSPS) is 20.9. The van der Waals surface area contributed by atoms with Crippen molar-refractivity contribution in [2.24, 2.45) is 0 Å². The van der Waals surface area contributed by atoms with Crippen LogP contribution in [-0.4, -0.2) is 44.4 Å². The number of furan rings is 1. The van der Waals surface area contributed by atoms with E-state index in [1.807, 2.05) is 32.0 Å². The number of aromatic amines is 1. The number of β-amino-alcohol motifs (C(OH)–C–C–N with tert-alkyl or cyclic N) is 1. The fraction of sp³-hybridized carbons (Fsp3) is 0.353. The lowest BCUT2D eigenvalue weighted by atomic mass is 10.00. The minimum absolute atomic E-state index is 0.174. The van der Waals surface area contributed by atoms with Gasteiger partial charge in [0.15, 0.2) is 5.76 Å². The zero-order valence-electron chi connectivity index (χ0n) is 13.5. The highest BCUT2D eigenvalue weighted by molar-refractivity contribution is 5.99. The predicted octanol–water partition coefficient (Wildman–Crippen LogP) is 1.90. The minimum atomic E-state index is -1.17. The van der Waals surface area contributed by atoms with Crippen LogP contribution < -0.4 is 0 Å². The maximum atomic E-state index is 12.9. The molecule has 1 atom stereocenters. The van der Waals surface area contributed by atoms with E-state index in [0.29, 0.717) is 24.4 Å². The van der Waals surface area contributed by atoms with E-state index in [4.69, 9.17) is 4.42 Å². The summed E-state index contributed by atoms with van der Waals surface area (Å²) in [5.74, 6) is 0.131. The van der Waals surface area contributed by atoms with Crippen molar-refractivity contribution in [2.45, 2.75) is 25.9 Å². The molecule has 1 aliphatic rings. The fourth-order valence-corrected chi connectivity index (χ4v) is 3.33. The van der Waals surface area contributed by atoms with Crippen molar-refractivity contribution < 1.29 is 14.3 Å². The maximum Gasteiger partial charge on any atom is 0.290 e. The lowest BCUT2D eigenvalue weighted by Crippen LogP contribution is -2.34. The molecule has 2 aromatic heterocycles. The number of rotatable bonds is 2. The third-order valence-electron chi connectivity index (χ3n) is 4.78. The quantitative estimate of drug-likeness (QED) is 0.750. The Bertz CT molecular complexity index is 915. The Hall–Kier alpha value is -2.67. The van der Waals surface area contributed by atoms with E-state index in [-0.39, 0.29) is 12.5 Å². The summed E-state index contributed by atoms with van der Waals surface area (Å²) in [6.07, 6.45) is 1.91. The Labute approximate surface area is 138 Å². The van der Waals surface area contributed by atoms with Gasteiger partial charge in [0.05, 0.1) is 12.7 Å². The summed E-state index contributed by atoms with van der Waals surface area (Å²) in [5.41, 5.74) is 1.85. The van der Waals surface area contributed by atoms with Crippen molar-refractivity contribution in [2.75, 3.05) is 13.1 Å². The van der Waals surface area contributed by atoms with Crippen molar-refractivity contribution >= 4 is 16.9 Å². The van der Waals surface area contributed by atoms with Crippen LogP contribution in [0.25, 0.3) is 11.0 Å². The number of para-hydroxylation sites is 1. The molecule has 0 saturated carbocycles. The van der Waals surface area contributed by atoms with E-state index in [1.165, 1.54) is 6.20 Å². The van der Waals surface area contributed by atoms with E-state index < -0.39 is 5.60 Å². The molecule has 3 heterocycles. The third-order valence-corrected chi connectivity index (χ3v) is 4.78. The van der Waals surface area contributed by atoms with Crippen LogP contribution in [0.1, 0.15) is 33.8 Å². The average molecular weight is 326 g/mol. The lowest BCUT2D eigenvalue weighted by Gasteiger charge is -2.20. The number of carbonyl (C=O) groups excluding carboxylic acids is 1. The molecule has 1 aromatic carbocycles. The molecule has 2 N–H and O–H groups in total. The highest BCUT2D eigenvalue weighted by Gasteiger charge is 2.42. The van der Waals surface area contributed by atoms with Gasteiger partial charge in [0, 0.05) is 23.9 Å². The first-order valence-electron chi connectivity index (χ1n) is 7.86. The number of likely N-dealkylation sites (tertiary alicyclic amines) is 1. The van der Waals surface area contributed by atoms with E-state index >= 15 is 0 Å². The first kappa shape index (κ1) is 14.9.